The van der Waals surface area contributed by atoms with Crippen LogP contribution in [0.5, 0.6) is 0 Å². The van der Waals surface area contributed by atoms with Crippen LogP contribution in [0.2, 0.25) is 0 Å². The summed E-state index contributed by atoms with van der Waals surface area (Å²) in [6, 6.07) is 13.5. The molecule has 0 aliphatic rings. The molecule has 0 unspecified atom stereocenters. The first kappa shape index (κ1) is 15.1. The molecule has 1 N–H and O–H groups in total. The molecule has 2 nitrogen and oxygen atoms in total. The number of carbonyl (C=O) groups excluding carboxylic acids is 1. The molecule has 3 rings (SSSR count). The monoisotopic (exact) mass is 315 g/mol. The average molecular weight is 315 g/mol. The Morgan fingerprint density at radius 2 is 1.52 bits per heavy atom. The first-order valence-corrected chi connectivity index (χ1v) is 6.91. The minimum Gasteiger partial charge on any atom is -0.366 e. The summed E-state index contributed by atoms with van der Waals surface area (Å²) in [5.41, 5.74) is 1.37. The Hall–Kier alpha value is -2.82. The Morgan fingerprint density at radius 1 is 0.870 bits per heavy atom. The molecule has 0 atom stereocenters. The normalized spacial score (nSPS) is 11.4. The van der Waals surface area contributed by atoms with Crippen molar-refractivity contribution in [1.29, 1.82) is 0 Å². The number of nitrogens with one attached hydrogen (secondary N) is 1. The Labute approximate surface area is 130 Å². The molecule has 0 saturated heterocycles. The summed E-state index contributed by atoms with van der Waals surface area (Å²) < 4.78 is 37.9. The van der Waals surface area contributed by atoms with Gasteiger partial charge in [-0.1, -0.05) is 42.5 Å². The van der Waals surface area contributed by atoms with Gasteiger partial charge in [0.15, 0.2) is 5.78 Å². The van der Waals surface area contributed by atoms with Crippen LogP contribution in [0.25, 0.3) is 11.1 Å². The van der Waals surface area contributed by atoms with E-state index in [-0.39, 0.29) is 5.78 Å². The predicted molar refractivity (Wildman–Crippen MR) is 81.1 cm³/mol. The lowest BCUT2D eigenvalue weighted by molar-refractivity contribution is -0.137. The van der Waals surface area contributed by atoms with Crippen molar-refractivity contribution in [2.75, 3.05) is 0 Å². The Bertz CT molecular complexity index is 817. The number of hydrogen-bond donors (Lipinski definition) is 1. The fourth-order valence-electron chi connectivity index (χ4n) is 2.37. The second-order valence-corrected chi connectivity index (χ2v) is 5.05. The van der Waals surface area contributed by atoms with Gasteiger partial charge in [-0.15, -0.1) is 0 Å². The van der Waals surface area contributed by atoms with Crippen molar-refractivity contribution in [1.82, 2.24) is 4.98 Å². The third kappa shape index (κ3) is 3.04. The molecule has 0 fully saturated rings. The number of carbonyl (C=O) groups is 1. The molecule has 0 bridgehead atoms. The van der Waals surface area contributed by atoms with Crippen LogP contribution in [0.3, 0.4) is 0 Å². The zero-order chi connectivity index (χ0) is 16.4. The number of hydrogen-bond acceptors (Lipinski definition) is 1. The van der Waals surface area contributed by atoms with Crippen LogP contribution >= 0.6 is 0 Å². The maximum Gasteiger partial charge on any atom is 0.416 e. The molecule has 3 aromatic rings. The molecular weight excluding hydrogens is 303 g/mol. The van der Waals surface area contributed by atoms with E-state index in [1.54, 1.807) is 36.7 Å². The second-order valence-electron chi connectivity index (χ2n) is 5.05. The van der Waals surface area contributed by atoms with E-state index in [2.05, 4.69) is 4.98 Å². The minimum atomic E-state index is -4.38. The first-order chi connectivity index (χ1) is 11.0. The SMILES string of the molecule is O=C(c1ccccc1)c1c[nH]cc1-c1ccc(C(F)(F)F)cc1. The van der Waals surface area contributed by atoms with Crippen LogP contribution in [0.15, 0.2) is 67.0 Å². The number of rotatable bonds is 3. The van der Waals surface area contributed by atoms with E-state index in [9.17, 15) is 18.0 Å². The summed E-state index contributed by atoms with van der Waals surface area (Å²) in [5.74, 6) is -0.179. The zero-order valence-electron chi connectivity index (χ0n) is 11.9. The number of alkyl halides is 3. The summed E-state index contributed by atoms with van der Waals surface area (Å²) >= 11 is 0. The smallest absolute Gasteiger partial charge is 0.366 e. The molecule has 0 aliphatic carbocycles. The van der Waals surface area contributed by atoms with Crippen molar-refractivity contribution < 1.29 is 18.0 Å². The van der Waals surface area contributed by atoms with Crippen LogP contribution in [0, 0.1) is 0 Å². The van der Waals surface area contributed by atoms with Gasteiger partial charge in [0.2, 0.25) is 0 Å². The zero-order valence-corrected chi connectivity index (χ0v) is 11.9. The molecule has 5 heteroatoms. The number of halogens is 3. The van der Waals surface area contributed by atoms with Gasteiger partial charge < -0.3 is 4.98 Å². The van der Waals surface area contributed by atoms with E-state index in [1.165, 1.54) is 12.1 Å². The standard InChI is InChI=1S/C18H12F3NO/c19-18(20,21)14-8-6-12(7-9-14)15-10-22-11-16(15)17(23)13-4-2-1-3-5-13/h1-11,22H. The van der Waals surface area contributed by atoms with E-state index in [0.717, 1.165) is 12.1 Å². The van der Waals surface area contributed by atoms with Crippen LogP contribution in [-0.2, 0) is 6.18 Å². The van der Waals surface area contributed by atoms with Crippen molar-refractivity contribution in [2.24, 2.45) is 0 Å². The van der Waals surface area contributed by atoms with Gasteiger partial charge in [0.05, 0.1) is 5.56 Å². The van der Waals surface area contributed by atoms with Crippen molar-refractivity contribution >= 4 is 5.78 Å². The molecule has 23 heavy (non-hydrogen) atoms. The number of aromatic nitrogens is 1. The fourth-order valence-corrected chi connectivity index (χ4v) is 2.37. The van der Waals surface area contributed by atoms with Gasteiger partial charge in [-0.25, -0.2) is 0 Å². The topological polar surface area (TPSA) is 32.9 Å². The summed E-state index contributed by atoms with van der Waals surface area (Å²) in [6.45, 7) is 0. The molecular formula is C18H12F3NO. The summed E-state index contributed by atoms with van der Waals surface area (Å²) in [6.07, 6.45) is -1.21. The Balaban J connectivity index is 1.97. The Kier molecular flexibility index (Phi) is 3.78. The lowest BCUT2D eigenvalue weighted by atomic mass is 9.97. The van der Waals surface area contributed by atoms with Gasteiger partial charge in [0.25, 0.3) is 0 Å². The minimum absolute atomic E-state index is 0.179. The second kappa shape index (κ2) is 5.76. The third-order valence-corrected chi connectivity index (χ3v) is 3.55. The van der Waals surface area contributed by atoms with Gasteiger partial charge in [-0.3, -0.25) is 4.79 Å². The molecule has 0 aliphatic heterocycles. The van der Waals surface area contributed by atoms with Crippen molar-refractivity contribution in [2.45, 2.75) is 6.18 Å². The van der Waals surface area contributed by atoms with E-state index >= 15 is 0 Å². The predicted octanol–water partition coefficient (Wildman–Crippen LogP) is 4.93. The van der Waals surface area contributed by atoms with Crippen molar-refractivity contribution in [3.8, 4) is 11.1 Å². The molecule has 0 amide bonds. The molecule has 0 spiro atoms. The highest BCUT2D eigenvalue weighted by molar-refractivity contribution is 6.12. The molecule has 1 heterocycles. The summed E-state index contributed by atoms with van der Waals surface area (Å²) in [4.78, 5) is 15.4. The van der Waals surface area contributed by atoms with Crippen LogP contribution in [0.4, 0.5) is 13.2 Å². The van der Waals surface area contributed by atoms with Crippen molar-refractivity contribution in [3.05, 3.63) is 83.7 Å². The molecule has 0 radical (unpaired) electrons. The maximum atomic E-state index is 12.6. The van der Waals surface area contributed by atoms with E-state index in [4.69, 9.17) is 0 Å². The van der Waals surface area contributed by atoms with Gasteiger partial charge in [-0.05, 0) is 17.7 Å². The molecule has 116 valence electrons. The number of H-pyrrole nitrogens is 1. The summed E-state index contributed by atoms with van der Waals surface area (Å²) in [7, 11) is 0. The lowest BCUT2D eigenvalue weighted by Crippen LogP contribution is -2.04. The fraction of sp³-hybridized carbons (Fsp3) is 0.0556. The summed E-state index contributed by atoms with van der Waals surface area (Å²) in [5, 5.41) is 0. The highest BCUT2D eigenvalue weighted by Crippen LogP contribution is 2.32. The average Bonchev–Trinajstić information content (AvgIpc) is 3.04. The van der Waals surface area contributed by atoms with Gasteiger partial charge in [0.1, 0.15) is 0 Å². The number of aromatic amines is 1. The lowest BCUT2D eigenvalue weighted by Gasteiger charge is -2.08. The van der Waals surface area contributed by atoms with Crippen molar-refractivity contribution in [3.63, 3.8) is 0 Å². The molecule has 2 aromatic carbocycles. The largest absolute Gasteiger partial charge is 0.416 e. The molecule has 1 aromatic heterocycles. The van der Waals surface area contributed by atoms with Gasteiger partial charge in [0, 0.05) is 29.1 Å². The maximum absolute atomic E-state index is 12.6. The van der Waals surface area contributed by atoms with Gasteiger partial charge in [-0.2, -0.15) is 13.2 Å². The highest BCUT2D eigenvalue weighted by atomic mass is 19.4. The molecule has 0 saturated carbocycles. The third-order valence-electron chi connectivity index (χ3n) is 3.55. The van der Waals surface area contributed by atoms with Gasteiger partial charge >= 0.3 is 6.18 Å². The van der Waals surface area contributed by atoms with Crippen LogP contribution in [-0.4, -0.2) is 10.8 Å². The number of ketones is 1. The quantitative estimate of drug-likeness (QED) is 0.683. The van der Waals surface area contributed by atoms with E-state index in [0.29, 0.717) is 22.3 Å². The van der Waals surface area contributed by atoms with E-state index < -0.39 is 11.7 Å². The van der Waals surface area contributed by atoms with Crippen LogP contribution < -0.4 is 0 Å². The number of benzene rings is 2. The van der Waals surface area contributed by atoms with E-state index in [1.807, 2.05) is 6.07 Å². The van der Waals surface area contributed by atoms with Crippen LogP contribution in [0.1, 0.15) is 21.5 Å². The Morgan fingerprint density at radius 3 is 2.13 bits per heavy atom. The first-order valence-electron chi connectivity index (χ1n) is 6.91. The highest BCUT2D eigenvalue weighted by Gasteiger charge is 2.30.